The molecule has 35 heavy (non-hydrogen) atoms. The Kier molecular flexibility index (Phi) is 7.14. The van der Waals surface area contributed by atoms with Crippen LogP contribution in [0, 0.1) is 24.1 Å². The van der Waals surface area contributed by atoms with Crippen LogP contribution in [0.15, 0.2) is 30.3 Å². The Labute approximate surface area is 203 Å². The molecule has 1 unspecified atom stereocenters. The van der Waals surface area contributed by atoms with Gasteiger partial charge in [0, 0.05) is 13.7 Å². The van der Waals surface area contributed by atoms with Gasteiger partial charge in [0.1, 0.15) is 11.4 Å². The largest absolute Gasteiger partial charge is 0.417 e. The molecule has 1 aliphatic heterocycles. The van der Waals surface area contributed by atoms with E-state index in [1.165, 1.54) is 43.2 Å². The Bertz CT molecular complexity index is 1240. The summed E-state index contributed by atoms with van der Waals surface area (Å²) < 4.78 is 61.1. The van der Waals surface area contributed by atoms with Gasteiger partial charge in [-0.3, -0.25) is 19.4 Å². The van der Waals surface area contributed by atoms with Gasteiger partial charge < -0.3 is 10.1 Å². The molecule has 1 saturated heterocycles. The van der Waals surface area contributed by atoms with Crippen molar-refractivity contribution < 1.29 is 31.9 Å². The zero-order chi connectivity index (χ0) is 26.1. The SMILES string of the molecule is COCC1(C)C(=O)N(c2ccc(C#N)c(C(F)(F)F)c2)C(=S)N1c1cc(C)c(CNC=O)cc1F. The first kappa shape index (κ1) is 26.1. The zero-order valence-electron chi connectivity index (χ0n) is 18.9. The van der Waals surface area contributed by atoms with Crippen LogP contribution in [-0.2, 0) is 27.0 Å². The summed E-state index contributed by atoms with van der Waals surface area (Å²) in [6.45, 7) is 2.93. The average molecular weight is 508 g/mol. The van der Waals surface area contributed by atoms with Crippen LogP contribution in [0.25, 0.3) is 0 Å². The monoisotopic (exact) mass is 508 g/mol. The van der Waals surface area contributed by atoms with Crippen molar-refractivity contribution in [2.45, 2.75) is 32.1 Å². The minimum absolute atomic E-state index is 0.0723. The van der Waals surface area contributed by atoms with Crippen molar-refractivity contribution in [3.8, 4) is 6.07 Å². The van der Waals surface area contributed by atoms with Crippen molar-refractivity contribution in [2.75, 3.05) is 23.5 Å². The standard InChI is InChI=1S/C23H20F4N4O3S/c1-13-6-19(18(24)7-15(13)10-29-12-32)31-21(35)30(20(33)22(31,2)11-34-3)16-5-4-14(9-28)17(8-16)23(25,26)27/h4-8,12H,10-11H2,1-3H3,(H,29,32). The van der Waals surface area contributed by atoms with Crippen LogP contribution in [-0.4, -0.2) is 36.7 Å². The molecule has 1 N–H and O–H groups in total. The lowest BCUT2D eigenvalue weighted by atomic mass is 9.99. The highest BCUT2D eigenvalue weighted by Crippen LogP contribution is 2.41. The number of rotatable bonds is 7. The van der Waals surface area contributed by atoms with Crippen LogP contribution in [0.4, 0.5) is 28.9 Å². The van der Waals surface area contributed by atoms with Gasteiger partial charge in [-0.25, -0.2) is 4.39 Å². The van der Waals surface area contributed by atoms with Crippen LogP contribution in [0.1, 0.15) is 29.2 Å². The number of alkyl halides is 3. The van der Waals surface area contributed by atoms with E-state index >= 15 is 4.39 Å². The fraction of sp³-hybridized carbons (Fsp3) is 0.304. The predicted molar refractivity (Wildman–Crippen MR) is 123 cm³/mol. The molecular weight excluding hydrogens is 488 g/mol. The third-order valence-electron chi connectivity index (χ3n) is 5.67. The molecule has 184 valence electrons. The van der Waals surface area contributed by atoms with E-state index in [1.54, 1.807) is 6.92 Å². The Hall–Kier alpha value is -3.56. The van der Waals surface area contributed by atoms with E-state index in [-0.39, 0.29) is 29.6 Å². The Morgan fingerprint density at radius 1 is 1.29 bits per heavy atom. The summed E-state index contributed by atoms with van der Waals surface area (Å²) in [4.78, 5) is 26.2. The molecule has 1 atom stereocenters. The van der Waals surface area contributed by atoms with E-state index in [0.717, 1.165) is 11.0 Å². The highest BCUT2D eigenvalue weighted by molar-refractivity contribution is 7.81. The highest BCUT2D eigenvalue weighted by atomic mass is 32.1. The first-order valence-corrected chi connectivity index (χ1v) is 10.6. The van der Waals surface area contributed by atoms with Crippen LogP contribution in [0.5, 0.6) is 0 Å². The first-order chi connectivity index (χ1) is 16.4. The smallest absolute Gasteiger partial charge is 0.382 e. The summed E-state index contributed by atoms with van der Waals surface area (Å²) in [5.41, 5.74) is -2.66. The van der Waals surface area contributed by atoms with E-state index in [4.69, 9.17) is 22.2 Å². The highest BCUT2D eigenvalue weighted by Gasteiger charge is 2.54. The number of amides is 2. The molecule has 0 bridgehead atoms. The third-order valence-corrected chi connectivity index (χ3v) is 6.04. The number of halogens is 4. The number of carbonyl (C=O) groups is 2. The second-order valence-electron chi connectivity index (χ2n) is 8.03. The van der Waals surface area contributed by atoms with Gasteiger partial charge >= 0.3 is 6.18 Å². The van der Waals surface area contributed by atoms with Gasteiger partial charge in [0.15, 0.2) is 5.11 Å². The Morgan fingerprint density at radius 3 is 2.54 bits per heavy atom. The van der Waals surface area contributed by atoms with Gasteiger partial charge in [-0.1, -0.05) is 0 Å². The van der Waals surface area contributed by atoms with E-state index in [9.17, 15) is 22.8 Å². The summed E-state index contributed by atoms with van der Waals surface area (Å²) in [6, 6.07) is 6.89. The maximum atomic E-state index is 15.3. The van der Waals surface area contributed by atoms with Crippen molar-refractivity contribution in [3.63, 3.8) is 0 Å². The number of methoxy groups -OCH3 is 1. The second-order valence-corrected chi connectivity index (χ2v) is 8.40. The topological polar surface area (TPSA) is 85.7 Å². The average Bonchev–Trinajstić information content (AvgIpc) is 2.98. The molecule has 0 radical (unpaired) electrons. The molecular formula is C23H20F4N4O3S. The molecule has 2 aromatic rings. The summed E-state index contributed by atoms with van der Waals surface area (Å²) in [5.74, 6) is -1.49. The minimum Gasteiger partial charge on any atom is -0.382 e. The van der Waals surface area contributed by atoms with Gasteiger partial charge in [0.25, 0.3) is 5.91 Å². The number of hydrogen-bond acceptors (Lipinski definition) is 5. The lowest BCUT2D eigenvalue weighted by molar-refractivity contribution is -0.137. The quantitative estimate of drug-likeness (QED) is 0.348. The van der Waals surface area contributed by atoms with Crippen molar-refractivity contribution in [2.24, 2.45) is 0 Å². The number of thiocarbonyl (C=S) groups is 1. The van der Waals surface area contributed by atoms with E-state index in [1.807, 2.05) is 0 Å². The molecule has 0 aromatic heterocycles. The van der Waals surface area contributed by atoms with Gasteiger partial charge in [-0.2, -0.15) is 18.4 Å². The van der Waals surface area contributed by atoms with Gasteiger partial charge in [0.05, 0.1) is 35.2 Å². The zero-order valence-corrected chi connectivity index (χ0v) is 19.7. The predicted octanol–water partition coefficient (Wildman–Crippen LogP) is 3.81. The third kappa shape index (κ3) is 4.56. The summed E-state index contributed by atoms with van der Waals surface area (Å²) in [7, 11) is 1.32. The first-order valence-electron chi connectivity index (χ1n) is 10.2. The number of carbonyl (C=O) groups excluding carboxylic acids is 2. The number of anilines is 2. The molecule has 0 saturated carbocycles. The lowest BCUT2D eigenvalue weighted by Gasteiger charge is -2.33. The normalized spacial score (nSPS) is 18.1. The number of benzene rings is 2. The van der Waals surface area contributed by atoms with Gasteiger partial charge in [-0.05, 0) is 67.5 Å². The summed E-state index contributed by atoms with van der Waals surface area (Å²) in [5, 5.41) is 11.3. The Morgan fingerprint density at radius 2 is 1.97 bits per heavy atom. The number of ether oxygens (including phenoxy) is 1. The van der Waals surface area contributed by atoms with E-state index < -0.39 is 34.6 Å². The fourth-order valence-corrected chi connectivity index (χ4v) is 4.45. The molecule has 3 rings (SSSR count). The van der Waals surface area contributed by atoms with Gasteiger partial charge in [-0.15, -0.1) is 0 Å². The number of nitrogens with one attached hydrogen (secondary N) is 1. The lowest BCUT2D eigenvalue weighted by Crippen LogP contribution is -2.51. The number of nitrogens with zero attached hydrogens (tertiary/aromatic N) is 3. The number of nitriles is 1. The van der Waals surface area contributed by atoms with Crippen LogP contribution < -0.4 is 15.1 Å². The second kappa shape index (κ2) is 9.59. The molecule has 1 fully saturated rings. The minimum atomic E-state index is -4.85. The van der Waals surface area contributed by atoms with Crippen molar-refractivity contribution >= 4 is 41.0 Å². The van der Waals surface area contributed by atoms with Gasteiger partial charge in [0.2, 0.25) is 6.41 Å². The molecule has 2 amide bonds. The van der Waals surface area contributed by atoms with Crippen LogP contribution in [0.3, 0.4) is 0 Å². The Balaban J connectivity index is 2.17. The van der Waals surface area contributed by atoms with Crippen molar-refractivity contribution in [3.05, 3.63) is 58.4 Å². The molecule has 7 nitrogen and oxygen atoms in total. The molecule has 1 heterocycles. The van der Waals surface area contributed by atoms with Crippen molar-refractivity contribution in [1.82, 2.24) is 5.32 Å². The number of hydrogen-bond donors (Lipinski definition) is 1. The molecule has 1 aliphatic rings. The maximum absolute atomic E-state index is 15.3. The molecule has 0 spiro atoms. The molecule has 12 heteroatoms. The van der Waals surface area contributed by atoms with E-state index in [2.05, 4.69) is 5.32 Å². The summed E-state index contributed by atoms with van der Waals surface area (Å²) in [6.07, 6.45) is -4.38. The van der Waals surface area contributed by atoms with E-state index in [0.29, 0.717) is 23.6 Å². The summed E-state index contributed by atoms with van der Waals surface area (Å²) >= 11 is 5.47. The molecule has 2 aromatic carbocycles. The van der Waals surface area contributed by atoms with Crippen molar-refractivity contribution in [1.29, 1.82) is 5.26 Å². The number of aryl methyl sites for hydroxylation is 1. The fourth-order valence-electron chi connectivity index (χ4n) is 3.96. The molecule has 0 aliphatic carbocycles. The maximum Gasteiger partial charge on any atom is 0.417 e. The van der Waals surface area contributed by atoms with Crippen LogP contribution in [0.2, 0.25) is 0 Å². The van der Waals surface area contributed by atoms with Crippen LogP contribution >= 0.6 is 12.2 Å².